The zero-order valence-corrected chi connectivity index (χ0v) is 7.29. The van der Waals surface area contributed by atoms with E-state index in [1.165, 1.54) is 19.2 Å². The van der Waals surface area contributed by atoms with E-state index in [9.17, 15) is 0 Å². The topological polar surface area (TPSA) is 38.1 Å². The van der Waals surface area contributed by atoms with Gasteiger partial charge in [-0.25, -0.2) is 4.98 Å². The summed E-state index contributed by atoms with van der Waals surface area (Å²) in [6, 6.07) is 0.722. The second kappa shape index (κ2) is 3.27. The maximum absolute atomic E-state index is 5.11. The third-order valence-corrected chi connectivity index (χ3v) is 2.47. The standard InChI is InChI=1S/C9H14N2O/c1-2-7-3-9(7)11-5-8-4-10-6-12-8/h4,6-7,9,11H,2-3,5H2,1H3. The normalized spacial score (nSPS) is 27.4. The Morgan fingerprint density at radius 3 is 3.25 bits per heavy atom. The number of oxazole rings is 1. The summed E-state index contributed by atoms with van der Waals surface area (Å²) < 4.78 is 5.11. The lowest BCUT2D eigenvalue weighted by Crippen LogP contribution is -2.16. The molecule has 12 heavy (non-hydrogen) atoms. The Morgan fingerprint density at radius 2 is 2.67 bits per heavy atom. The van der Waals surface area contributed by atoms with Crippen LogP contribution in [-0.4, -0.2) is 11.0 Å². The fourth-order valence-electron chi connectivity index (χ4n) is 1.51. The van der Waals surface area contributed by atoms with E-state index in [0.717, 1.165) is 24.3 Å². The van der Waals surface area contributed by atoms with Gasteiger partial charge in [0.25, 0.3) is 0 Å². The van der Waals surface area contributed by atoms with Crippen molar-refractivity contribution in [2.45, 2.75) is 32.4 Å². The largest absolute Gasteiger partial charge is 0.447 e. The maximum atomic E-state index is 5.11. The molecule has 1 aliphatic carbocycles. The van der Waals surface area contributed by atoms with E-state index in [0.29, 0.717) is 0 Å². The second-order valence-electron chi connectivity index (χ2n) is 3.36. The highest BCUT2D eigenvalue weighted by Crippen LogP contribution is 2.33. The van der Waals surface area contributed by atoms with E-state index in [1.54, 1.807) is 6.20 Å². The van der Waals surface area contributed by atoms with Crippen LogP contribution in [0.2, 0.25) is 0 Å². The monoisotopic (exact) mass is 166 g/mol. The highest BCUT2D eigenvalue weighted by atomic mass is 16.3. The molecule has 1 fully saturated rings. The van der Waals surface area contributed by atoms with Crippen LogP contribution in [0.25, 0.3) is 0 Å². The van der Waals surface area contributed by atoms with Gasteiger partial charge in [0.1, 0.15) is 5.76 Å². The molecule has 0 aliphatic heterocycles. The smallest absolute Gasteiger partial charge is 0.180 e. The summed E-state index contributed by atoms with van der Waals surface area (Å²) in [7, 11) is 0. The molecule has 2 rings (SSSR count). The summed E-state index contributed by atoms with van der Waals surface area (Å²) in [6.07, 6.45) is 5.84. The Morgan fingerprint density at radius 1 is 1.75 bits per heavy atom. The molecule has 1 aliphatic rings. The Hall–Kier alpha value is -0.830. The van der Waals surface area contributed by atoms with Crippen LogP contribution in [-0.2, 0) is 6.54 Å². The molecule has 2 unspecified atom stereocenters. The molecule has 0 saturated heterocycles. The SMILES string of the molecule is CCC1CC1NCc1cnco1. The van der Waals surface area contributed by atoms with Crippen molar-refractivity contribution in [1.82, 2.24) is 10.3 Å². The number of aromatic nitrogens is 1. The van der Waals surface area contributed by atoms with E-state index >= 15 is 0 Å². The molecule has 1 saturated carbocycles. The van der Waals surface area contributed by atoms with Crippen LogP contribution in [0.3, 0.4) is 0 Å². The fraction of sp³-hybridized carbons (Fsp3) is 0.667. The van der Waals surface area contributed by atoms with E-state index < -0.39 is 0 Å². The Labute approximate surface area is 72.2 Å². The average Bonchev–Trinajstić information content (AvgIpc) is 2.67. The molecule has 1 aromatic heterocycles. The van der Waals surface area contributed by atoms with E-state index in [2.05, 4.69) is 17.2 Å². The van der Waals surface area contributed by atoms with Crippen molar-refractivity contribution in [3.05, 3.63) is 18.4 Å². The molecule has 2 atom stereocenters. The van der Waals surface area contributed by atoms with Crippen LogP contribution < -0.4 is 5.32 Å². The van der Waals surface area contributed by atoms with Crippen molar-refractivity contribution in [2.24, 2.45) is 5.92 Å². The van der Waals surface area contributed by atoms with Crippen LogP contribution in [0, 0.1) is 5.92 Å². The average molecular weight is 166 g/mol. The van der Waals surface area contributed by atoms with Crippen LogP contribution >= 0.6 is 0 Å². The minimum absolute atomic E-state index is 0.722. The lowest BCUT2D eigenvalue weighted by atomic mass is 10.3. The van der Waals surface area contributed by atoms with Gasteiger partial charge in [-0.05, 0) is 12.3 Å². The summed E-state index contributed by atoms with van der Waals surface area (Å²) >= 11 is 0. The molecule has 1 aromatic rings. The van der Waals surface area contributed by atoms with E-state index in [-0.39, 0.29) is 0 Å². The van der Waals surface area contributed by atoms with Crippen molar-refractivity contribution in [1.29, 1.82) is 0 Å². The Kier molecular flexibility index (Phi) is 2.13. The molecule has 3 heteroatoms. The lowest BCUT2D eigenvalue weighted by molar-refractivity contribution is 0.472. The van der Waals surface area contributed by atoms with Crippen molar-refractivity contribution in [3.8, 4) is 0 Å². The van der Waals surface area contributed by atoms with Crippen molar-refractivity contribution < 1.29 is 4.42 Å². The summed E-state index contributed by atoms with van der Waals surface area (Å²) in [5.74, 6) is 1.82. The van der Waals surface area contributed by atoms with Crippen molar-refractivity contribution >= 4 is 0 Å². The molecular formula is C9H14N2O. The molecule has 0 aromatic carbocycles. The van der Waals surface area contributed by atoms with Crippen LogP contribution in [0.15, 0.2) is 17.0 Å². The number of nitrogens with one attached hydrogen (secondary N) is 1. The molecule has 1 N–H and O–H groups in total. The van der Waals surface area contributed by atoms with Gasteiger partial charge in [-0.1, -0.05) is 13.3 Å². The molecular weight excluding hydrogens is 152 g/mol. The minimum Gasteiger partial charge on any atom is -0.447 e. The van der Waals surface area contributed by atoms with Crippen LogP contribution in [0.5, 0.6) is 0 Å². The zero-order valence-electron chi connectivity index (χ0n) is 7.29. The highest BCUT2D eigenvalue weighted by molar-refractivity contribution is 4.95. The van der Waals surface area contributed by atoms with Gasteiger partial charge in [0.15, 0.2) is 6.39 Å². The molecule has 0 amide bonds. The predicted molar refractivity (Wildman–Crippen MR) is 45.5 cm³/mol. The number of hydrogen-bond donors (Lipinski definition) is 1. The Balaban J connectivity index is 1.71. The fourth-order valence-corrected chi connectivity index (χ4v) is 1.51. The summed E-state index contributed by atoms with van der Waals surface area (Å²) in [6.45, 7) is 3.06. The van der Waals surface area contributed by atoms with Gasteiger partial charge in [0, 0.05) is 6.04 Å². The van der Waals surface area contributed by atoms with Gasteiger partial charge in [-0.3, -0.25) is 0 Å². The molecule has 0 bridgehead atoms. The third kappa shape index (κ3) is 1.67. The first-order valence-corrected chi connectivity index (χ1v) is 4.51. The molecule has 0 spiro atoms. The second-order valence-corrected chi connectivity index (χ2v) is 3.36. The van der Waals surface area contributed by atoms with Gasteiger partial charge in [-0.15, -0.1) is 0 Å². The quantitative estimate of drug-likeness (QED) is 0.737. The van der Waals surface area contributed by atoms with Gasteiger partial charge >= 0.3 is 0 Å². The summed E-state index contributed by atoms with van der Waals surface area (Å²) in [5.41, 5.74) is 0. The van der Waals surface area contributed by atoms with Crippen LogP contribution in [0.1, 0.15) is 25.5 Å². The third-order valence-electron chi connectivity index (χ3n) is 2.47. The predicted octanol–water partition coefficient (Wildman–Crippen LogP) is 1.56. The Bertz CT molecular complexity index is 233. The van der Waals surface area contributed by atoms with Gasteiger partial charge in [0.05, 0.1) is 12.7 Å². The summed E-state index contributed by atoms with van der Waals surface area (Å²) in [4.78, 5) is 3.85. The number of hydrogen-bond acceptors (Lipinski definition) is 3. The first kappa shape index (κ1) is 7.80. The van der Waals surface area contributed by atoms with Crippen molar-refractivity contribution in [3.63, 3.8) is 0 Å². The van der Waals surface area contributed by atoms with Crippen LogP contribution in [0.4, 0.5) is 0 Å². The molecule has 66 valence electrons. The van der Waals surface area contributed by atoms with E-state index in [4.69, 9.17) is 4.42 Å². The minimum atomic E-state index is 0.722. The lowest BCUT2D eigenvalue weighted by Gasteiger charge is -1.98. The maximum Gasteiger partial charge on any atom is 0.180 e. The molecule has 3 nitrogen and oxygen atoms in total. The summed E-state index contributed by atoms with van der Waals surface area (Å²) in [5, 5.41) is 3.43. The van der Waals surface area contributed by atoms with Gasteiger partial charge in [0.2, 0.25) is 0 Å². The first-order valence-electron chi connectivity index (χ1n) is 4.51. The van der Waals surface area contributed by atoms with Gasteiger partial charge < -0.3 is 9.73 Å². The first-order chi connectivity index (χ1) is 5.90. The van der Waals surface area contributed by atoms with Gasteiger partial charge in [-0.2, -0.15) is 0 Å². The molecule has 0 radical (unpaired) electrons. The molecule has 1 heterocycles. The zero-order chi connectivity index (χ0) is 8.39. The van der Waals surface area contributed by atoms with Crippen molar-refractivity contribution in [2.75, 3.05) is 0 Å². The highest BCUT2D eigenvalue weighted by Gasteiger charge is 2.34. The number of rotatable bonds is 4. The van der Waals surface area contributed by atoms with E-state index in [1.807, 2.05) is 0 Å². The number of nitrogens with zero attached hydrogens (tertiary/aromatic N) is 1.